The predicted molar refractivity (Wildman–Crippen MR) is 87.1 cm³/mol. The number of hydrogen-bond acceptors (Lipinski definition) is 7. The van der Waals surface area contributed by atoms with Crippen molar-refractivity contribution < 1.29 is 38.8 Å². The van der Waals surface area contributed by atoms with Crippen LogP contribution in [0.3, 0.4) is 0 Å². The SMILES string of the molecule is O=C1CCCCCCCC(C(=O)O)OC(=O)c2cccc(c2)C(=O)OO1. The number of aliphatic carboxylic acids is 1. The molecule has 0 amide bonds. The summed E-state index contributed by atoms with van der Waals surface area (Å²) in [4.78, 5) is 55.9. The van der Waals surface area contributed by atoms with Gasteiger partial charge in [-0.05, 0) is 37.5 Å². The quantitative estimate of drug-likeness (QED) is 0.597. The standard InChI is InChI=1S/C18H20O8/c19-15-10-5-3-1-2-4-9-14(16(20)21)24-17(22)12-7-6-8-13(11-12)18(23)26-25-15/h6-8,11,14H,1-5,9-10H2,(H,20,21). The molecule has 140 valence electrons. The molecule has 26 heavy (non-hydrogen) atoms. The topological polar surface area (TPSA) is 116 Å². The third kappa shape index (κ3) is 5.87. The van der Waals surface area contributed by atoms with Gasteiger partial charge in [-0.25, -0.2) is 29.0 Å². The number of rotatable bonds is 1. The van der Waals surface area contributed by atoms with Gasteiger partial charge in [0.1, 0.15) is 0 Å². The van der Waals surface area contributed by atoms with Gasteiger partial charge in [-0.1, -0.05) is 25.3 Å². The molecule has 0 fully saturated rings. The largest absolute Gasteiger partial charge is 0.479 e. The highest BCUT2D eigenvalue weighted by atomic mass is 17.2. The lowest BCUT2D eigenvalue weighted by Crippen LogP contribution is -2.27. The van der Waals surface area contributed by atoms with Crippen LogP contribution >= 0.6 is 0 Å². The summed E-state index contributed by atoms with van der Waals surface area (Å²) in [6.45, 7) is 0. The molecule has 0 saturated carbocycles. The Kier molecular flexibility index (Phi) is 7.13. The van der Waals surface area contributed by atoms with E-state index < -0.39 is 30.0 Å². The molecule has 1 aliphatic heterocycles. The maximum Gasteiger partial charge on any atom is 0.386 e. The van der Waals surface area contributed by atoms with Gasteiger partial charge in [0.25, 0.3) is 0 Å². The predicted octanol–water partition coefficient (Wildman–Crippen LogP) is 2.66. The van der Waals surface area contributed by atoms with E-state index in [0.717, 1.165) is 19.3 Å². The second-order valence-electron chi connectivity index (χ2n) is 5.95. The molecule has 1 aromatic rings. The number of cyclic esters (lactones) is 1. The lowest BCUT2D eigenvalue weighted by atomic mass is 10.1. The summed E-state index contributed by atoms with van der Waals surface area (Å²) in [5.41, 5.74) is -0.0233. The Balaban J connectivity index is 2.17. The number of esters is 1. The summed E-state index contributed by atoms with van der Waals surface area (Å²) in [5, 5.41) is 9.22. The molecule has 0 spiro atoms. The van der Waals surface area contributed by atoms with Crippen molar-refractivity contribution in [3.63, 3.8) is 0 Å². The Morgan fingerprint density at radius 1 is 0.923 bits per heavy atom. The first-order valence-electron chi connectivity index (χ1n) is 8.43. The van der Waals surface area contributed by atoms with Gasteiger partial charge >= 0.3 is 23.9 Å². The fourth-order valence-electron chi connectivity index (χ4n) is 2.51. The third-order valence-electron chi connectivity index (χ3n) is 3.92. The molecule has 1 heterocycles. The molecule has 1 unspecified atom stereocenters. The molecular formula is C18H20O8. The first kappa shape index (κ1) is 19.4. The molecule has 1 atom stereocenters. The Morgan fingerprint density at radius 3 is 2.31 bits per heavy atom. The van der Waals surface area contributed by atoms with Gasteiger partial charge in [0.2, 0.25) is 0 Å². The summed E-state index contributed by atoms with van der Waals surface area (Å²) < 4.78 is 5.05. The smallest absolute Gasteiger partial charge is 0.386 e. The summed E-state index contributed by atoms with van der Waals surface area (Å²) in [6, 6.07) is 5.36. The highest BCUT2D eigenvalue weighted by molar-refractivity contribution is 5.96. The molecule has 1 aliphatic rings. The molecule has 0 aromatic heterocycles. The lowest BCUT2D eigenvalue weighted by molar-refractivity contribution is -0.234. The fraction of sp³-hybridized carbons (Fsp3) is 0.444. The second-order valence-corrected chi connectivity index (χ2v) is 5.95. The first-order chi connectivity index (χ1) is 12.5. The van der Waals surface area contributed by atoms with Gasteiger partial charge < -0.3 is 9.84 Å². The number of carbonyl (C=O) groups is 4. The maximum absolute atomic E-state index is 12.2. The van der Waals surface area contributed by atoms with Crippen molar-refractivity contribution in [2.45, 2.75) is 51.0 Å². The summed E-state index contributed by atoms with van der Waals surface area (Å²) >= 11 is 0. The molecule has 8 heteroatoms. The van der Waals surface area contributed by atoms with Crippen LogP contribution < -0.4 is 0 Å². The minimum atomic E-state index is -1.25. The van der Waals surface area contributed by atoms with E-state index in [1.807, 2.05) is 0 Å². The summed E-state index contributed by atoms with van der Waals surface area (Å²) in [6.07, 6.45) is 2.52. The highest BCUT2D eigenvalue weighted by Gasteiger charge is 2.23. The van der Waals surface area contributed by atoms with Crippen LogP contribution in [0.15, 0.2) is 24.3 Å². The van der Waals surface area contributed by atoms with Crippen LogP contribution in [0.4, 0.5) is 0 Å². The van der Waals surface area contributed by atoms with E-state index in [1.54, 1.807) is 0 Å². The lowest BCUT2D eigenvalue weighted by Gasteiger charge is -2.14. The number of carboxylic acids is 1. The zero-order valence-corrected chi connectivity index (χ0v) is 14.1. The van der Waals surface area contributed by atoms with Gasteiger partial charge in [0.15, 0.2) is 6.10 Å². The van der Waals surface area contributed by atoms with Crippen molar-refractivity contribution >= 4 is 23.9 Å². The molecule has 2 rings (SSSR count). The summed E-state index contributed by atoms with van der Waals surface area (Å²) in [7, 11) is 0. The van der Waals surface area contributed by atoms with Crippen molar-refractivity contribution in [1.82, 2.24) is 0 Å². The van der Waals surface area contributed by atoms with Crippen LogP contribution in [0.1, 0.15) is 65.7 Å². The van der Waals surface area contributed by atoms with E-state index in [0.29, 0.717) is 12.8 Å². The number of fused-ring (bicyclic) bond motifs is 2. The van der Waals surface area contributed by atoms with Gasteiger partial charge in [-0.2, -0.15) is 0 Å². The van der Waals surface area contributed by atoms with Gasteiger partial charge in [-0.15, -0.1) is 0 Å². The maximum atomic E-state index is 12.2. The third-order valence-corrected chi connectivity index (χ3v) is 3.92. The Hall–Kier alpha value is -2.90. The van der Waals surface area contributed by atoms with Crippen molar-refractivity contribution in [2.75, 3.05) is 0 Å². The zero-order valence-electron chi connectivity index (χ0n) is 14.1. The molecule has 0 saturated heterocycles. The molecule has 8 nitrogen and oxygen atoms in total. The molecule has 0 radical (unpaired) electrons. The van der Waals surface area contributed by atoms with E-state index in [9.17, 15) is 24.3 Å². The van der Waals surface area contributed by atoms with Crippen LogP contribution in [0, 0.1) is 0 Å². The Bertz CT molecular complexity index is 682. The van der Waals surface area contributed by atoms with Crippen molar-refractivity contribution in [3.8, 4) is 0 Å². The van der Waals surface area contributed by atoms with Gasteiger partial charge in [0.05, 0.1) is 17.5 Å². The molecular weight excluding hydrogens is 344 g/mol. The monoisotopic (exact) mass is 364 g/mol. The van der Waals surface area contributed by atoms with Crippen LogP contribution in [-0.4, -0.2) is 35.1 Å². The molecule has 1 aromatic carbocycles. The van der Waals surface area contributed by atoms with Crippen molar-refractivity contribution in [2.24, 2.45) is 0 Å². The minimum Gasteiger partial charge on any atom is -0.479 e. The average molecular weight is 364 g/mol. The Morgan fingerprint density at radius 2 is 1.58 bits per heavy atom. The summed E-state index contributed by atoms with van der Waals surface area (Å²) in [5.74, 6) is -3.66. The normalized spacial score (nSPS) is 20.3. The number of carbonyl (C=O) groups excluding carboxylic acids is 3. The molecule has 2 bridgehead atoms. The number of benzene rings is 1. The average Bonchev–Trinajstić information content (AvgIpc) is 2.63. The van der Waals surface area contributed by atoms with Gasteiger partial charge in [-0.3, -0.25) is 0 Å². The number of ether oxygens (including phenoxy) is 1. The van der Waals surface area contributed by atoms with E-state index in [-0.39, 0.29) is 24.0 Å². The number of hydrogen-bond donors (Lipinski definition) is 1. The fourth-order valence-corrected chi connectivity index (χ4v) is 2.51. The minimum absolute atomic E-state index is 0.00124. The van der Waals surface area contributed by atoms with E-state index in [4.69, 9.17) is 4.74 Å². The van der Waals surface area contributed by atoms with Crippen LogP contribution in [0.25, 0.3) is 0 Å². The molecule has 1 N–H and O–H groups in total. The van der Waals surface area contributed by atoms with Crippen molar-refractivity contribution in [3.05, 3.63) is 35.4 Å². The van der Waals surface area contributed by atoms with Gasteiger partial charge in [0, 0.05) is 0 Å². The highest BCUT2D eigenvalue weighted by Crippen LogP contribution is 2.15. The number of carboxylic acid groups (broad SMARTS) is 1. The molecule has 0 aliphatic carbocycles. The van der Waals surface area contributed by atoms with Crippen LogP contribution in [0.2, 0.25) is 0 Å². The van der Waals surface area contributed by atoms with Crippen molar-refractivity contribution in [1.29, 1.82) is 0 Å². The van der Waals surface area contributed by atoms with E-state index >= 15 is 0 Å². The first-order valence-corrected chi connectivity index (χ1v) is 8.43. The van der Waals surface area contributed by atoms with Crippen LogP contribution in [0.5, 0.6) is 0 Å². The van der Waals surface area contributed by atoms with E-state index in [2.05, 4.69) is 9.78 Å². The van der Waals surface area contributed by atoms with Crippen LogP contribution in [-0.2, 0) is 24.1 Å². The second kappa shape index (κ2) is 9.55. The Labute approximate surface area is 150 Å². The van der Waals surface area contributed by atoms with E-state index in [1.165, 1.54) is 24.3 Å². The zero-order chi connectivity index (χ0) is 18.9.